The molecular weight excluding hydrogens is 420 g/mol. The van der Waals surface area contributed by atoms with Gasteiger partial charge in [0, 0.05) is 36.2 Å². The maximum absolute atomic E-state index is 12.7. The molecule has 0 saturated carbocycles. The maximum Gasteiger partial charge on any atom is 0.253 e. The van der Waals surface area contributed by atoms with E-state index in [0.717, 1.165) is 22.2 Å². The average Bonchev–Trinajstić information content (AvgIpc) is 2.95. The molecule has 3 rings (SSSR count). The van der Waals surface area contributed by atoms with Crippen molar-refractivity contribution in [1.82, 2.24) is 9.80 Å². The molecule has 0 spiro atoms. The summed E-state index contributed by atoms with van der Waals surface area (Å²) in [4.78, 5) is 29.2. The molecule has 1 fully saturated rings. The molecule has 5 nitrogen and oxygen atoms in total. The zero-order valence-electron chi connectivity index (χ0n) is 16.1. The number of halogens is 1. The number of benzene rings is 2. The van der Waals surface area contributed by atoms with Crippen LogP contribution in [0.1, 0.15) is 29.3 Å². The first-order valence-corrected chi connectivity index (χ1v) is 10.4. The number of nitrogens with zero attached hydrogens (tertiary/aromatic N) is 2. The zero-order valence-corrected chi connectivity index (χ0v) is 17.7. The second-order valence-corrected chi connectivity index (χ2v) is 7.71. The molecule has 2 aromatic carbocycles. The van der Waals surface area contributed by atoms with E-state index in [9.17, 15) is 9.59 Å². The van der Waals surface area contributed by atoms with Gasteiger partial charge in [0.05, 0.1) is 13.0 Å². The zero-order chi connectivity index (χ0) is 19.9. The molecule has 0 atom stereocenters. The highest BCUT2D eigenvalue weighted by Gasteiger charge is 2.23. The van der Waals surface area contributed by atoms with Gasteiger partial charge in [0.2, 0.25) is 5.91 Å². The van der Waals surface area contributed by atoms with E-state index in [1.54, 1.807) is 0 Å². The molecule has 0 radical (unpaired) electrons. The quantitative estimate of drug-likeness (QED) is 0.704. The van der Waals surface area contributed by atoms with Crippen LogP contribution in [0, 0.1) is 0 Å². The van der Waals surface area contributed by atoms with E-state index in [0.29, 0.717) is 44.8 Å². The van der Waals surface area contributed by atoms with Crippen molar-refractivity contribution in [2.75, 3.05) is 32.8 Å². The van der Waals surface area contributed by atoms with E-state index in [-0.39, 0.29) is 11.8 Å². The van der Waals surface area contributed by atoms with Gasteiger partial charge in [-0.05, 0) is 49.2 Å². The van der Waals surface area contributed by atoms with Crippen molar-refractivity contribution in [2.45, 2.75) is 19.8 Å². The third kappa shape index (κ3) is 5.35. The predicted octanol–water partition coefficient (Wildman–Crippen LogP) is 3.77. The topological polar surface area (TPSA) is 49.9 Å². The first kappa shape index (κ1) is 20.4. The van der Waals surface area contributed by atoms with Gasteiger partial charge in [-0.2, -0.15) is 0 Å². The van der Waals surface area contributed by atoms with Crippen LogP contribution >= 0.6 is 15.9 Å². The van der Waals surface area contributed by atoms with E-state index >= 15 is 0 Å². The molecule has 148 valence electrons. The van der Waals surface area contributed by atoms with E-state index < -0.39 is 0 Å². The normalized spacial score (nSPS) is 14.5. The fourth-order valence-electron chi connectivity index (χ4n) is 3.33. The second kappa shape index (κ2) is 9.73. The third-order valence-electron chi connectivity index (χ3n) is 4.80. The Kier molecular flexibility index (Phi) is 7.09. The molecule has 2 amide bonds. The molecule has 1 aliphatic heterocycles. The Morgan fingerprint density at radius 3 is 2.43 bits per heavy atom. The minimum atomic E-state index is 0.0158. The van der Waals surface area contributed by atoms with Gasteiger partial charge in [-0.1, -0.05) is 34.1 Å². The average molecular weight is 445 g/mol. The van der Waals surface area contributed by atoms with Crippen LogP contribution in [0.15, 0.2) is 53.0 Å². The first-order chi connectivity index (χ1) is 13.6. The molecule has 1 aliphatic rings. The van der Waals surface area contributed by atoms with Crippen molar-refractivity contribution in [2.24, 2.45) is 0 Å². The Bertz CT molecular complexity index is 823. The minimum Gasteiger partial charge on any atom is -0.494 e. The highest BCUT2D eigenvalue weighted by molar-refractivity contribution is 9.10. The summed E-state index contributed by atoms with van der Waals surface area (Å²) in [6, 6.07) is 15.1. The Hall–Kier alpha value is -2.34. The summed E-state index contributed by atoms with van der Waals surface area (Å²) in [5.41, 5.74) is 1.64. The molecule has 0 unspecified atom stereocenters. The number of hydrogen-bond donors (Lipinski definition) is 0. The lowest BCUT2D eigenvalue weighted by atomic mass is 10.1. The highest BCUT2D eigenvalue weighted by atomic mass is 79.9. The monoisotopic (exact) mass is 444 g/mol. The lowest BCUT2D eigenvalue weighted by Crippen LogP contribution is -2.38. The summed E-state index contributed by atoms with van der Waals surface area (Å²) in [5, 5.41) is 0. The summed E-state index contributed by atoms with van der Waals surface area (Å²) >= 11 is 3.41. The Morgan fingerprint density at radius 2 is 1.71 bits per heavy atom. The fraction of sp³-hybridized carbons (Fsp3) is 0.364. The van der Waals surface area contributed by atoms with Crippen LogP contribution in [-0.2, 0) is 11.2 Å². The lowest BCUT2D eigenvalue weighted by Gasteiger charge is -2.22. The van der Waals surface area contributed by atoms with Crippen LogP contribution in [-0.4, -0.2) is 54.4 Å². The second-order valence-electron chi connectivity index (χ2n) is 6.79. The molecule has 2 aromatic rings. The number of hydrogen-bond acceptors (Lipinski definition) is 3. The smallest absolute Gasteiger partial charge is 0.253 e. The molecule has 0 bridgehead atoms. The van der Waals surface area contributed by atoms with Gasteiger partial charge in [-0.25, -0.2) is 0 Å². The Morgan fingerprint density at radius 1 is 1.00 bits per heavy atom. The molecule has 28 heavy (non-hydrogen) atoms. The fourth-order valence-corrected chi connectivity index (χ4v) is 3.73. The van der Waals surface area contributed by atoms with Gasteiger partial charge in [0.25, 0.3) is 5.91 Å². The number of rotatable bonds is 5. The van der Waals surface area contributed by atoms with E-state index in [1.807, 2.05) is 65.3 Å². The van der Waals surface area contributed by atoms with Crippen molar-refractivity contribution in [1.29, 1.82) is 0 Å². The number of carbonyl (C=O) groups is 2. The van der Waals surface area contributed by atoms with Crippen molar-refractivity contribution in [3.05, 3.63) is 64.1 Å². The van der Waals surface area contributed by atoms with Gasteiger partial charge in [-0.3, -0.25) is 9.59 Å². The van der Waals surface area contributed by atoms with Crippen molar-refractivity contribution >= 4 is 27.7 Å². The molecule has 0 aromatic heterocycles. The number of ether oxygens (including phenoxy) is 1. The maximum atomic E-state index is 12.7. The molecule has 6 heteroatoms. The van der Waals surface area contributed by atoms with Gasteiger partial charge in [0.1, 0.15) is 5.75 Å². The van der Waals surface area contributed by atoms with Gasteiger partial charge in [0.15, 0.2) is 0 Å². The summed E-state index contributed by atoms with van der Waals surface area (Å²) < 4.78 is 6.33. The van der Waals surface area contributed by atoms with Gasteiger partial charge in [-0.15, -0.1) is 0 Å². The van der Waals surface area contributed by atoms with Gasteiger partial charge < -0.3 is 14.5 Å². The molecular formula is C22H25BrN2O3. The number of carbonyl (C=O) groups excluding carboxylic acids is 2. The van der Waals surface area contributed by atoms with E-state index in [4.69, 9.17) is 4.74 Å². The molecule has 0 aliphatic carbocycles. The van der Waals surface area contributed by atoms with Crippen LogP contribution in [0.25, 0.3) is 0 Å². The lowest BCUT2D eigenvalue weighted by molar-refractivity contribution is -0.130. The third-order valence-corrected chi connectivity index (χ3v) is 5.29. The summed E-state index contributed by atoms with van der Waals surface area (Å²) in [7, 11) is 0. The Balaban J connectivity index is 1.56. The van der Waals surface area contributed by atoms with Crippen molar-refractivity contribution in [3.63, 3.8) is 0 Å². The van der Waals surface area contributed by atoms with Crippen LogP contribution in [0.4, 0.5) is 0 Å². The first-order valence-electron chi connectivity index (χ1n) is 9.61. The van der Waals surface area contributed by atoms with Crippen molar-refractivity contribution in [3.8, 4) is 5.75 Å². The minimum absolute atomic E-state index is 0.0158. The van der Waals surface area contributed by atoms with Crippen LogP contribution in [0.3, 0.4) is 0 Å². The SMILES string of the molecule is CCOc1ccc(CC(=O)N2CCCN(C(=O)c3cccc(Br)c3)CC2)cc1. The van der Waals surface area contributed by atoms with Crippen LogP contribution in [0.5, 0.6) is 5.75 Å². The van der Waals surface area contributed by atoms with E-state index in [2.05, 4.69) is 15.9 Å². The van der Waals surface area contributed by atoms with Crippen LogP contribution < -0.4 is 4.74 Å². The summed E-state index contributed by atoms with van der Waals surface area (Å²) in [6.07, 6.45) is 1.15. The largest absolute Gasteiger partial charge is 0.494 e. The predicted molar refractivity (Wildman–Crippen MR) is 113 cm³/mol. The summed E-state index contributed by atoms with van der Waals surface area (Å²) in [5.74, 6) is 0.929. The molecule has 1 heterocycles. The number of amides is 2. The van der Waals surface area contributed by atoms with E-state index in [1.165, 1.54) is 0 Å². The van der Waals surface area contributed by atoms with Crippen molar-refractivity contribution < 1.29 is 14.3 Å². The van der Waals surface area contributed by atoms with Crippen LogP contribution in [0.2, 0.25) is 0 Å². The Labute approximate surface area is 174 Å². The highest BCUT2D eigenvalue weighted by Crippen LogP contribution is 2.16. The molecule has 0 N–H and O–H groups in total. The van der Waals surface area contributed by atoms with Gasteiger partial charge >= 0.3 is 0 Å². The summed E-state index contributed by atoms with van der Waals surface area (Å²) in [6.45, 7) is 5.04. The standard InChI is InChI=1S/C22H25BrN2O3/c1-2-28-20-9-7-17(8-10-20)15-21(26)24-11-4-12-25(14-13-24)22(27)18-5-3-6-19(23)16-18/h3,5-10,16H,2,4,11-15H2,1H3. The molecule has 1 saturated heterocycles.